The van der Waals surface area contributed by atoms with Gasteiger partial charge < -0.3 is 19.4 Å². The summed E-state index contributed by atoms with van der Waals surface area (Å²) >= 11 is 0. The summed E-state index contributed by atoms with van der Waals surface area (Å²) in [5, 5.41) is 11.2. The minimum absolute atomic E-state index is 0.234. The van der Waals surface area contributed by atoms with E-state index < -0.39 is 11.9 Å². The predicted octanol–water partition coefficient (Wildman–Crippen LogP) is 0.517. The second-order valence-corrected chi connectivity index (χ2v) is 4.63. The van der Waals surface area contributed by atoms with Crippen molar-refractivity contribution in [3.63, 3.8) is 0 Å². The van der Waals surface area contributed by atoms with Crippen LogP contribution in [0.25, 0.3) is 0 Å². The summed E-state index contributed by atoms with van der Waals surface area (Å²) in [6.07, 6.45) is 3.22. The molecule has 1 aromatic heterocycles. The Hall–Kier alpha value is -1.85. The van der Waals surface area contributed by atoms with E-state index >= 15 is 0 Å². The van der Waals surface area contributed by atoms with Crippen LogP contribution in [0.3, 0.4) is 0 Å². The first-order chi connectivity index (χ1) is 9.15. The molecule has 0 bridgehead atoms. The van der Waals surface area contributed by atoms with Gasteiger partial charge in [0.25, 0.3) is 0 Å². The van der Waals surface area contributed by atoms with E-state index in [9.17, 15) is 9.90 Å². The van der Waals surface area contributed by atoms with Crippen molar-refractivity contribution >= 4 is 5.97 Å². The van der Waals surface area contributed by atoms with Gasteiger partial charge in [0.15, 0.2) is 0 Å². The van der Waals surface area contributed by atoms with E-state index in [1.807, 2.05) is 0 Å². The number of rotatable bonds is 4. The van der Waals surface area contributed by atoms with Gasteiger partial charge >= 0.3 is 0 Å². The molecule has 6 heteroatoms. The van der Waals surface area contributed by atoms with Crippen LogP contribution < -0.4 is 14.6 Å². The van der Waals surface area contributed by atoms with Gasteiger partial charge in [-0.25, -0.2) is 0 Å². The molecule has 1 aliphatic carbocycles. The number of nitrogens with zero attached hydrogens (tertiary/aromatic N) is 2. The van der Waals surface area contributed by atoms with Crippen LogP contribution in [0.1, 0.15) is 37.4 Å². The monoisotopic (exact) mass is 265 g/mol. The van der Waals surface area contributed by atoms with E-state index in [2.05, 4.69) is 9.97 Å². The quantitative estimate of drug-likeness (QED) is 0.789. The maximum atomic E-state index is 11.2. The lowest BCUT2D eigenvalue weighted by molar-refractivity contribution is -0.313. The summed E-state index contributed by atoms with van der Waals surface area (Å²) in [6.45, 7) is 0. The third-order valence-corrected chi connectivity index (χ3v) is 3.52. The fourth-order valence-corrected chi connectivity index (χ4v) is 2.52. The molecule has 0 unspecified atom stereocenters. The normalized spacial score (nSPS) is 22.8. The lowest BCUT2D eigenvalue weighted by atomic mass is 9.79. The first-order valence-electron chi connectivity index (χ1n) is 6.33. The van der Waals surface area contributed by atoms with E-state index in [1.54, 1.807) is 6.07 Å². The zero-order valence-electron chi connectivity index (χ0n) is 11.1. The van der Waals surface area contributed by atoms with Gasteiger partial charge in [-0.05, 0) is 12.8 Å². The number of ether oxygens (including phenoxy) is 2. The summed E-state index contributed by atoms with van der Waals surface area (Å²) in [6, 6.07) is 1.57. The molecular formula is C13H17N2O4-. The van der Waals surface area contributed by atoms with E-state index in [0.717, 1.165) is 19.3 Å². The van der Waals surface area contributed by atoms with Crippen LogP contribution in [0.2, 0.25) is 0 Å². The van der Waals surface area contributed by atoms with Gasteiger partial charge in [-0.3, -0.25) is 0 Å². The zero-order chi connectivity index (χ0) is 13.8. The molecule has 0 N–H and O–H groups in total. The average Bonchev–Trinajstić information content (AvgIpc) is 2.46. The van der Waals surface area contributed by atoms with Crippen molar-refractivity contribution in [2.24, 2.45) is 5.92 Å². The van der Waals surface area contributed by atoms with E-state index in [4.69, 9.17) is 9.47 Å². The number of carbonyl (C=O) groups is 1. The molecule has 0 spiro atoms. The lowest BCUT2D eigenvalue weighted by Crippen LogP contribution is -2.37. The van der Waals surface area contributed by atoms with Gasteiger partial charge in [-0.2, -0.15) is 9.97 Å². The number of carboxylic acid groups (broad SMARTS) is 1. The number of aliphatic carboxylic acids is 1. The van der Waals surface area contributed by atoms with Crippen LogP contribution in [0.15, 0.2) is 6.07 Å². The summed E-state index contributed by atoms with van der Waals surface area (Å²) in [4.78, 5) is 19.7. The molecule has 104 valence electrons. The summed E-state index contributed by atoms with van der Waals surface area (Å²) in [5.41, 5.74) is 0. The Bertz CT molecular complexity index is 442. The second-order valence-electron chi connectivity index (χ2n) is 4.63. The van der Waals surface area contributed by atoms with Crippen molar-refractivity contribution in [3.05, 3.63) is 11.9 Å². The molecule has 1 heterocycles. The minimum Gasteiger partial charge on any atom is -0.550 e. The number of hydrogen-bond donors (Lipinski definition) is 0. The molecule has 2 atom stereocenters. The van der Waals surface area contributed by atoms with Crippen LogP contribution >= 0.6 is 0 Å². The van der Waals surface area contributed by atoms with E-state index in [-0.39, 0.29) is 5.92 Å². The second kappa shape index (κ2) is 5.86. The molecule has 1 aromatic rings. The Morgan fingerprint density at radius 1 is 1.21 bits per heavy atom. The highest BCUT2D eigenvalue weighted by Crippen LogP contribution is 2.37. The fourth-order valence-electron chi connectivity index (χ4n) is 2.52. The number of aromatic nitrogens is 2. The predicted molar refractivity (Wildman–Crippen MR) is 64.8 cm³/mol. The van der Waals surface area contributed by atoms with Crippen molar-refractivity contribution in [1.29, 1.82) is 0 Å². The third-order valence-electron chi connectivity index (χ3n) is 3.52. The summed E-state index contributed by atoms with van der Waals surface area (Å²) in [5.74, 6) is -0.581. The van der Waals surface area contributed by atoms with Crippen LogP contribution in [0.4, 0.5) is 0 Å². The number of carboxylic acids is 1. The standard InChI is InChI=1S/C13H18N2O4/c1-18-10-7-11(19-2)15-12(14-10)8-5-3-4-6-9(8)13(16)17/h7-9H,3-6H2,1-2H3,(H,16,17)/p-1/t8-,9-/m0/s1. The molecule has 0 amide bonds. The van der Waals surface area contributed by atoms with Gasteiger partial charge in [0.2, 0.25) is 11.8 Å². The average molecular weight is 265 g/mol. The van der Waals surface area contributed by atoms with Gasteiger partial charge in [-0.15, -0.1) is 0 Å². The van der Waals surface area contributed by atoms with E-state index in [0.29, 0.717) is 24.0 Å². The van der Waals surface area contributed by atoms with E-state index in [1.165, 1.54) is 14.2 Å². The van der Waals surface area contributed by atoms with Gasteiger partial charge in [-0.1, -0.05) is 12.8 Å². The molecule has 6 nitrogen and oxygen atoms in total. The largest absolute Gasteiger partial charge is 0.550 e. The molecule has 2 rings (SSSR count). The van der Waals surface area contributed by atoms with Crippen LogP contribution in [0.5, 0.6) is 11.8 Å². The molecule has 0 aliphatic heterocycles. The Balaban J connectivity index is 2.35. The SMILES string of the molecule is COc1cc(OC)nc([C@H]2CCCC[C@@H]2C(=O)[O-])n1. The Morgan fingerprint density at radius 3 is 2.32 bits per heavy atom. The maximum Gasteiger partial charge on any atom is 0.220 e. The van der Waals surface area contributed by atoms with Crippen molar-refractivity contribution in [2.75, 3.05) is 14.2 Å². The highest BCUT2D eigenvalue weighted by Gasteiger charge is 2.30. The van der Waals surface area contributed by atoms with Gasteiger partial charge in [0.1, 0.15) is 5.82 Å². The van der Waals surface area contributed by atoms with Crippen molar-refractivity contribution in [3.8, 4) is 11.8 Å². The molecule has 1 aliphatic rings. The van der Waals surface area contributed by atoms with Crippen LogP contribution in [0, 0.1) is 5.92 Å². The molecular weight excluding hydrogens is 248 g/mol. The number of methoxy groups -OCH3 is 2. The lowest BCUT2D eigenvalue weighted by Gasteiger charge is -2.31. The summed E-state index contributed by atoms with van der Waals surface area (Å²) < 4.78 is 10.2. The fraction of sp³-hybridized carbons (Fsp3) is 0.615. The molecule has 1 fully saturated rings. The number of hydrogen-bond acceptors (Lipinski definition) is 6. The first kappa shape index (κ1) is 13.6. The molecule has 1 saturated carbocycles. The first-order valence-corrected chi connectivity index (χ1v) is 6.33. The smallest absolute Gasteiger partial charge is 0.220 e. The van der Waals surface area contributed by atoms with Gasteiger partial charge in [0.05, 0.1) is 20.3 Å². The molecule has 19 heavy (non-hydrogen) atoms. The topological polar surface area (TPSA) is 84.4 Å². The van der Waals surface area contributed by atoms with Crippen molar-refractivity contribution < 1.29 is 19.4 Å². The van der Waals surface area contributed by atoms with Gasteiger partial charge in [0, 0.05) is 17.8 Å². The maximum absolute atomic E-state index is 11.2. The van der Waals surface area contributed by atoms with Crippen LogP contribution in [-0.4, -0.2) is 30.2 Å². The third kappa shape index (κ3) is 2.94. The molecule has 0 saturated heterocycles. The van der Waals surface area contributed by atoms with Crippen molar-refractivity contribution in [2.45, 2.75) is 31.6 Å². The summed E-state index contributed by atoms with van der Waals surface area (Å²) in [7, 11) is 3.01. The number of carbonyl (C=O) groups excluding carboxylic acids is 1. The molecule has 0 radical (unpaired) electrons. The minimum atomic E-state index is -1.03. The Kier molecular flexibility index (Phi) is 4.19. The highest BCUT2D eigenvalue weighted by molar-refractivity contribution is 5.69. The van der Waals surface area contributed by atoms with Crippen LogP contribution in [-0.2, 0) is 4.79 Å². The Labute approximate surface area is 111 Å². The highest BCUT2D eigenvalue weighted by atomic mass is 16.5. The molecule has 0 aromatic carbocycles. The zero-order valence-corrected chi connectivity index (χ0v) is 11.1. The van der Waals surface area contributed by atoms with Crippen molar-refractivity contribution in [1.82, 2.24) is 9.97 Å². The Morgan fingerprint density at radius 2 is 1.79 bits per heavy atom.